The second-order valence-electron chi connectivity index (χ2n) is 13.8. The van der Waals surface area contributed by atoms with Crippen LogP contribution in [0.15, 0.2) is 40.2 Å². The van der Waals surface area contributed by atoms with Gasteiger partial charge in [0.15, 0.2) is 5.96 Å². The number of guanidine groups is 1. The summed E-state index contributed by atoms with van der Waals surface area (Å²) in [6.45, 7) is 15.0. The van der Waals surface area contributed by atoms with Crippen LogP contribution in [-0.2, 0) is 12.0 Å². The molecule has 1 heterocycles. The molecule has 0 spiro atoms. The van der Waals surface area contributed by atoms with E-state index in [0.29, 0.717) is 24.0 Å². The first-order chi connectivity index (χ1) is 20.7. The molecule has 1 aliphatic carbocycles. The highest BCUT2D eigenvalue weighted by atomic mass is 16.2. The quantitative estimate of drug-likeness (QED) is 0.114. The van der Waals surface area contributed by atoms with Crippen molar-refractivity contribution in [2.45, 2.75) is 110 Å². The number of nitrogens with two attached hydrogens (primary N) is 3. The average molecular weight is 612 g/mol. The van der Waals surface area contributed by atoms with Gasteiger partial charge >= 0.3 is 6.03 Å². The molecule has 1 aromatic carbocycles. The smallest absolute Gasteiger partial charge is 0.315 e. The minimum Gasteiger partial charge on any atom is -0.370 e. The molecule has 1 aromatic heterocycles. The number of nitrogens with one attached hydrogen (secondary N) is 4. The molecule has 10 N–H and O–H groups in total. The van der Waals surface area contributed by atoms with E-state index in [4.69, 9.17) is 17.2 Å². The first kappa shape index (κ1) is 36.8. The minimum atomic E-state index is -0.186. The molecule has 246 valence electrons. The van der Waals surface area contributed by atoms with Crippen LogP contribution >= 0.6 is 0 Å². The summed E-state index contributed by atoms with van der Waals surface area (Å²) in [5.41, 5.74) is 18.2. The van der Waals surface area contributed by atoms with Gasteiger partial charge in [0, 0.05) is 36.3 Å². The zero-order valence-corrected chi connectivity index (χ0v) is 27.8. The normalized spacial score (nSPS) is 16.8. The summed E-state index contributed by atoms with van der Waals surface area (Å²) in [4.78, 5) is 35.4. The van der Waals surface area contributed by atoms with Crippen LogP contribution in [0, 0.1) is 5.92 Å². The van der Waals surface area contributed by atoms with Gasteiger partial charge in [-0.2, -0.15) is 0 Å². The number of carbonyl (C=O) groups excluding carboxylic acids is 1. The van der Waals surface area contributed by atoms with Crippen LogP contribution in [0.25, 0.3) is 11.1 Å². The Morgan fingerprint density at radius 3 is 2.36 bits per heavy atom. The van der Waals surface area contributed by atoms with Crippen LogP contribution in [0.3, 0.4) is 0 Å². The van der Waals surface area contributed by atoms with Crippen molar-refractivity contribution >= 4 is 12.0 Å². The van der Waals surface area contributed by atoms with Crippen LogP contribution in [0.2, 0.25) is 0 Å². The fraction of sp³-hybridized carbons (Fsp3) is 0.636. The van der Waals surface area contributed by atoms with Crippen molar-refractivity contribution in [2.75, 3.05) is 19.6 Å². The topological polar surface area (TPSA) is 189 Å². The first-order valence-corrected chi connectivity index (χ1v) is 15.9. The molecule has 1 fully saturated rings. The fourth-order valence-corrected chi connectivity index (χ4v) is 5.08. The number of aromatic amines is 1. The first-order valence-electron chi connectivity index (χ1n) is 15.9. The van der Waals surface area contributed by atoms with Gasteiger partial charge in [-0.3, -0.25) is 9.79 Å². The summed E-state index contributed by atoms with van der Waals surface area (Å²) in [6.07, 6.45) is 9.55. The summed E-state index contributed by atoms with van der Waals surface area (Å²) >= 11 is 0. The Bertz CT molecular complexity index is 1220. The molecule has 11 nitrogen and oxygen atoms in total. The van der Waals surface area contributed by atoms with E-state index in [1.807, 2.05) is 65.8 Å². The summed E-state index contributed by atoms with van der Waals surface area (Å²) in [5.74, 6) is 1.55. The predicted molar refractivity (Wildman–Crippen MR) is 181 cm³/mol. The number of nitrogens with zero attached hydrogens (tertiary/aromatic N) is 2. The van der Waals surface area contributed by atoms with Crippen LogP contribution in [-0.4, -0.2) is 53.2 Å². The summed E-state index contributed by atoms with van der Waals surface area (Å²) in [7, 11) is 0. The molecular formula is C33H57N9O2. The van der Waals surface area contributed by atoms with Crippen molar-refractivity contribution in [2.24, 2.45) is 28.1 Å². The molecule has 3 rings (SSSR count). The zero-order chi connectivity index (χ0) is 32.8. The molecule has 0 radical (unpaired) electrons. The number of hydrogen-bond donors (Lipinski definition) is 7. The second kappa shape index (κ2) is 17.8. The van der Waals surface area contributed by atoms with Crippen molar-refractivity contribution in [1.82, 2.24) is 25.9 Å². The van der Waals surface area contributed by atoms with Gasteiger partial charge in [-0.1, -0.05) is 57.9 Å². The molecule has 44 heavy (non-hydrogen) atoms. The van der Waals surface area contributed by atoms with Crippen LogP contribution in [0.1, 0.15) is 97.9 Å². The number of rotatable bonds is 11. The number of urea groups is 1. The number of H-pyrrole nitrogens is 1. The van der Waals surface area contributed by atoms with Gasteiger partial charge in [0.25, 0.3) is 5.56 Å². The fourth-order valence-electron chi connectivity index (χ4n) is 5.08. The van der Waals surface area contributed by atoms with Crippen LogP contribution in [0.4, 0.5) is 4.79 Å². The van der Waals surface area contributed by atoms with E-state index in [1.54, 1.807) is 6.20 Å². The third kappa shape index (κ3) is 14.4. The van der Waals surface area contributed by atoms with Crippen molar-refractivity contribution in [3.05, 3.63) is 52.2 Å². The van der Waals surface area contributed by atoms with E-state index in [1.165, 1.54) is 19.3 Å². The predicted octanol–water partition coefficient (Wildman–Crippen LogP) is 3.87. The number of aliphatic imine (C=N–C) groups is 1. The van der Waals surface area contributed by atoms with Gasteiger partial charge in [0.2, 0.25) is 0 Å². The van der Waals surface area contributed by atoms with Gasteiger partial charge < -0.3 is 38.1 Å². The number of carbonyl (C=O) groups is 1. The van der Waals surface area contributed by atoms with Crippen molar-refractivity contribution in [3.8, 4) is 11.1 Å². The Kier molecular flexibility index (Phi) is 14.8. The number of benzene rings is 1. The maximum absolute atomic E-state index is 12.4. The molecule has 0 bridgehead atoms. The number of aromatic nitrogens is 2. The van der Waals surface area contributed by atoms with E-state index < -0.39 is 0 Å². The lowest BCUT2D eigenvalue weighted by Gasteiger charge is -2.31. The Balaban J connectivity index is 0.000000329. The Hall–Kier alpha value is -3.44. The molecular weight excluding hydrogens is 554 g/mol. The molecule has 2 atom stereocenters. The van der Waals surface area contributed by atoms with Gasteiger partial charge in [0.1, 0.15) is 5.82 Å². The highest BCUT2D eigenvalue weighted by Gasteiger charge is 2.24. The third-order valence-corrected chi connectivity index (χ3v) is 7.33. The van der Waals surface area contributed by atoms with Gasteiger partial charge in [-0.25, -0.2) is 9.78 Å². The van der Waals surface area contributed by atoms with Gasteiger partial charge in [-0.15, -0.1) is 0 Å². The van der Waals surface area contributed by atoms with Gasteiger partial charge in [-0.05, 0) is 83.0 Å². The SMILES string of the molecule is CC(C)(C)NC(=O)NC1CCCC(CCCN)C1.CC(C)(C)c1ncc(-c2ccc(CNCCCN=C(N)N)cc2)c(=O)[nH]1. The second-order valence-corrected chi connectivity index (χ2v) is 13.8. The average Bonchev–Trinajstić information content (AvgIpc) is 2.93. The monoisotopic (exact) mass is 611 g/mol. The molecule has 0 saturated heterocycles. The zero-order valence-electron chi connectivity index (χ0n) is 27.8. The summed E-state index contributed by atoms with van der Waals surface area (Å²) in [5, 5.41) is 9.39. The van der Waals surface area contributed by atoms with Crippen molar-refractivity contribution < 1.29 is 4.79 Å². The maximum atomic E-state index is 12.4. The lowest BCUT2D eigenvalue weighted by atomic mass is 9.83. The number of amides is 2. The lowest BCUT2D eigenvalue weighted by Crippen LogP contribution is -2.50. The van der Waals surface area contributed by atoms with E-state index >= 15 is 0 Å². The minimum absolute atomic E-state index is 0.0352. The molecule has 0 aliphatic heterocycles. The number of hydrogen-bond acceptors (Lipinski definition) is 6. The maximum Gasteiger partial charge on any atom is 0.315 e. The molecule has 11 heteroatoms. The lowest BCUT2D eigenvalue weighted by molar-refractivity contribution is 0.215. The molecule has 1 aliphatic rings. The van der Waals surface area contributed by atoms with Crippen molar-refractivity contribution in [3.63, 3.8) is 0 Å². The van der Waals surface area contributed by atoms with Crippen LogP contribution in [0.5, 0.6) is 0 Å². The molecule has 2 unspecified atom stereocenters. The third-order valence-electron chi connectivity index (χ3n) is 7.33. The summed E-state index contributed by atoms with van der Waals surface area (Å²) in [6, 6.07) is 8.21. The Morgan fingerprint density at radius 2 is 1.77 bits per heavy atom. The van der Waals surface area contributed by atoms with E-state index in [-0.39, 0.29) is 28.5 Å². The Labute approximate surface area is 263 Å². The van der Waals surface area contributed by atoms with E-state index in [9.17, 15) is 9.59 Å². The van der Waals surface area contributed by atoms with Crippen LogP contribution < -0.4 is 38.7 Å². The molecule has 2 aromatic rings. The highest BCUT2D eigenvalue weighted by Crippen LogP contribution is 2.27. The highest BCUT2D eigenvalue weighted by molar-refractivity contribution is 5.75. The molecule has 1 saturated carbocycles. The standard InChI is InChI=1S/C19H28N6O.C14H29N3O/c1-19(2,3)17-24-12-15(16(26)25-17)14-7-5-13(6-8-14)11-22-9-4-10-23-18(20)21;1-14(2,3)17-13(18)16-12-8-4-6-11(10-12)7-5-9-15/h5-8,12,22H,4,9-11H2,1-3H3,(H4,20,21,23)(H,24,25,26);11-12H,4-10,15H2,1-3H3,(H2,16,17,18). The van der Waals surface area contributed by atoms with Gasteiger partial charge in [0.05, 0.1) is 5.56 Å². The van der Waals surface area contributed by atoms with E-state index in [2.05, 4.69) is 30.9 Å². The largest absolute Gasteiger partial charge is 0.370 e. The van der Waals surface area contributed by atoms with E-state index in [0.717, 1.165) is 62.4 Å². The Morgan fingerprint density at radius 1 is 1.07 bits per heavy atom. The summed E-state index contributed by atoms with van der Waals surface area (Å²) < 4.78 is 0. The van der Waals surface area contributed by atoms with Crippen molar-refractivity contribution in [1.29, 1.82) is 0 Å². The molecule has 2 amide bonds.